The average Bonchev–Trinajstić information content (AvgIpc) is 2.83. The van der Waals surface area contributed by atoms with Crippen LogP contribution >= 0.6 is 0 Å². The molecule has 1 aromatic carbocycles. The fourth-order valence-corrected chi connectivity index (χ4v) is 4.25. The molecule has 1 aliphatic heterocycles. The van der Waals surface area contributed by atoms with E-state index in [0.717, 1.165) is 0 Å². The van der Waals surface area contributed by atoms with Gasteiger partial charge in [-0.05, 0) is 24.5 Å². The summed E-state index contributed by atoms with van der Waals surface area (Å²) in [5.41, 5.74) is -0.0165. The van der Waals surface area contributed by atoms with E-state index in [1.807, 2.05) is 0 Å². The minimum absolute atomic E-state index is 0.0165. The summed E-state index contributed by atoms with van der Waals surface area (Å²) in [6, 6.07) is 5.66. The van der Waals surface area contributed by atoms with E-state index in [4.69, 9.17) is 4.74 Å². The molecule has 1 N–H and O–H groups in total. The van der Waals surface area contributed by atoms with Gasteiger partial charge in [-0.3, -0.25) is 14.9 Å². The van der Waals surface area contributed by atoms with E-state index in [1.54, 1.807) is 0 Å². The Morgan fingerprint density at radius 1 is 1.35 bits per heavy atom. The highest BCUT2D eigenvalue weighted by molar-refractivity contribution is 7.91. The Balaban J connectivity index is 1.65. The lowest BCUT2D eigenvalue weighted by atomic mass is 10.1. The molecule has 0 aromatic heterocycles. The maximum absolute atomic E-state index is 11.7. The van der Waals surface area contributed by atoms with Gasteiger partial charge in [0.2, 0.25) is 5.91 Å². The van der Waals surface area contributed by atoms with Gasteiger partial charge in [0.15, 0.2) is 9.84 Å². The maximum Gasteiger partial charge on any atom is 0.269 e. The first-order chi connectivity index (χ1) is 10.9. The van der Waals surface area contributed by atoms with E-state index >= 15 is 0 Å². The van der Waals surface area contributed by atoms with Crippen LogP contribution in [-0.4, -0.2) is 43.9 Å². The molecule has 2 rings (SSSR count). The van der Waals surface area contributed by atoms with Crippen LogP contribution in [0.25, 0.3) is 0 Å². The summed E-state index contributed by atoms with van der Waals surface area (Å²) in [5.74, 6) is 0.426. The molecule has 0 radical (unpaired) electrons. The summed E-state index contributed by atoms with van der Waals surface area (Å²) in [4.78, 5) is 21.7. The number of non-ortho nitro benzene ring substituents is 1. The number of sulfone groups is 1. The summed E-state index contributed by atoms with van der Waals surface area (Å²) >= 11 is 0. The molecule has 0 bridgehead atoms. The number of nitrogens with one attached hydrogen (secondary N) is 1. The largest absolute Gasteiger partial charge is 0.492 e. The lowest BCUT2D eigenvalue weighted by molar-refractivity contribution is -0.384. The van der Waals surface area contributed by atoms with Crippen molar-refractivity contribution >= 4 is 21.4 Å². The molecule has 9 heteroatoms. The van der Waals surface area contributed by atoms with Crippen molar-refractivity contribution < 1.29 is 22.9 Å². The molecule has 1 amide bonds. The highest BCUT2D eigenvalue weighted by Gasteiger charge is 2.29. The molecule has 126 valence electrons. The Hall–Kier alpha value is -2.16. The number of nitro groups is 1. The molecule has 0 spiro atoms. The molecule has 0 saturated carbocycles. The molecule has 8 nitrogen and oxygen atoms in total. The van der Waals surface area contributed by atoms with Gasteiger partial charge in [0.25, 0.3) is 5.69 Å². The Morgan fingerprint density at radius 2 is 2.04 bits per heavy atom. The number of benzene rings is 1. The molecule has 1 fully saturated rings. The molecular formula is C14H18N2O6S. The molecule has 1 aliphatic rings. The number of amides is 1. The second kappa shape index (κ2) is 7.40. The summed E-state index contributed by atoms with van der Waals surface area (Å²) in [5, 5.41) is 13.2. The van der Waals surface area contributed by atoms with Crippen LogP contribution in [0.4, 0.5) is 5.69 Å². The standard InChI is InChI=1S/C14H18N2O6S/c17-14(9-11-5-8-23(20,21)10-11)15-6-7-22-13-3-1-12(2-4-13)16(18)19/h1-4,11H,5-10H2,(H,15,17)/t11-/m0/s1. The quantitative estimate of drug-likeness (QED) is 0.447. The van der Waals surface area contributed by atoms with Crippen molar-refractivity contribution in [1.82, 2.24) is 5.32 Å². The lowest BCUT2D eigenvalue weighted by Crippen LogP contribution is -2.29. The number of nitrogens with zero attached hydrogens (tertiary/aromatic N) is 1. The van der Waals surface area contributed by atoms with Crippen LogP contribution in [0.15, 0.2) is 24.3 Å². The lowest BCUT2D eigenvalue weighted by Gasteiger charge is -2.09. The summed E-state index contributed by atoms with van der Waals surface area (Å²) in [6.45, 7) is 0.516. The van der Waals surface area contributed by atoms with Crippen molar-refractivity contribution in [2.45, 2.75) is 12.8 Å². The van der Waals surface area contributed by atoms with Gasteiger partial charge in [0.05, 0.1) is 23.0 Å². The average molecular weight is 342 g/mol. The van der Waals surface area contributed by atoms with Crippen molar-refractivity contribution in [2.24, 2.45) is 5.92 Å². The van der Waals surface area contributed by atoms with E-state index < -0.39 is 14.8 Å². The zero-order chi connectivity index (χ0) is 16.9. The van der Waals surface area contributed by atoms with Gasteiger partial charge >= 0.3 is 0 Å². The second-order valence-corrected chi connectivity index (χ2v) is 7.65. The zero-order valence-corrected chi connectivity index (χ0v) is 13.3. The van der Waals surface area contributed by atoms with Crippen molar-refractivity contribution in [1.29, 1.82) is 0 Å². The first-order valence-electron chi connectivity index (χ1n) is 7.20. The maximum atomic E-state index is 11.7. The van der Waals surface area contributed by atoms with Gasteiger partial charge < -0.3 is 10.1 Å². The van der Waals surface area contributed by atoms with Gasteiger partial charge in [0.1, 0.15) is 12.4 Å². The normalized spacial score (nSPS) is 19.2. The fraction of sp³-hybridized carbons (Fsp3) is 0.500. The van der Waals surface area contributed by atoms with Gasteiger partial charge in [0, 0.05) is 18.6 Å². The van der Waals surface area contributed by atoms with Gasteiger partial charge in [-0.15, -0.1) is 0 Å². The third-order valence-corrected chi connectivity index (χ3v) is 5.38. The van der Waals surface area contributed by atoms with Crippen LogP contribution in [0.2, 0.25) is 0 Å². The minimum Gasteiger partial charge on any atom is -0.492 e. The Labute approximate surface area is 133 Å². The number of rotatable bonds is 7. The minimum atomic E-state index is -2.96. The summed E-state index contributed by atoms with van der Waals surface area (Å²) < 4.78 is 28.0. The van der Waals surface area contributed by atoms with Crippen molar-refractivity contribution in [2.75, 3.05) is 24.7 Å². The van der Waals surface area contributed by atoms with E-state index in [9.17, 15) is 23.3 Å². The molecule has 23 heavy (non-hydrogen) atoms. The van der Waals surface area contributed by atoms with Crippen molar-refractivity contribution in [3.8, 4) is 5.75 Å². The Bertz CT molecular complexity index is 671. The smallest absolute Gasteiger partial charge is 0.269 e. The molecule has 1 heterocycles. The van der Waals surface area contributed by atoms with Crippen molar-refractivity contribution in [3.05, 3.63) is 34.4 Å². The first kappa shape index (κ1) is 17.2. The third-order valence-electron chi connectivity index (χ3n) is 3.54. The van der Waals surface area contributed by atoms with E-state index in [1.165, 1.54) is 24.3 Å². The van der Waals surface area contributed by atoms with Crippen LogP contribution in [-0.2, 0) is 14.6 Å². The molecular weight excluding hydrogens is 324 g/mol. The highest BCUT2D eigenvalue weighted by atomic mass is 32.2. The summed E-state index contributed by atoms with van der Waals surface area (Å²) in [7, 11) is -2.96. The fourth-order valence-electron chi connectivity index (χ4n) is 2.39. The number of ether oxygens (including phenoxy) is 1. The van der Waals surface area contributed by atoms with Gasteiger partial charge in [-0.2, -0.15) is 0 Å². The van der Waals surface area contributed by atoms with Crippen LogP contribution in [0.3, 0.4) is 0 Å². The first-order valence-corrected chi connectivity index (χ1v) is 9.02. The molecule has 1 saturated heterocycles. The van der Waals surface area contributed by atoms with Crippen LogP contribution in [0.5, 0.6) is 5.75 Å². The van der Waals surface area contributed by atoms with E-state index in [2.05, 4.69) is 5.32 Å². The number of carbonyl (C=O) groups is 1. The van der Waals surface area contributed by atoms with Crippen LogP contribution in [0.1, 0.15) is 12.8 Å². The number of hydrogen-bond acceptors (Lipinski definition) is 6. The van der Waals surface area contributed by atoms with E-state index in [0.29, 0.717) is 12.2 Å². The third kappa shape index (κ3) is 5.51. The number of hydrogen-bond donors (Lipinski definition) is 1. The number of nitro benzene ring substituents is 1. The predicted octanol–water partition coefficient (Wildman–Crippen LogP) is 0.915. The predicted molar refractivity (Wildman–Crippen MR) is 83.0 cm³/mol. The van der Waals surface area contributed by atoms with Gasteiger partial charge in [-0.25, -0.2) is 8.42 Å². The monoisotopic (exact) mass is 342 g/mol. The Kier molecular flexibility index (Phi) is 5.54. The zero-order valence-electron chi connectivity index (χ0n) is 12.4. The molecule has 0 unspecified atom stereocenters. The van der Waals surface area contributed by atoms with Crippen molar-refractivity contribution in [3.63, 3.8) is 0 Å². The van der Waals surface area contributed by atoms with Crippen LogP contribution < -0.4 is 10.1 Å². The van der Waals surface area contributed by atoms with E-state index in [-0.39, 0.29) is 48.6 Å². The molecule has 1 aromatic rings. The topological polar surface area (TPSA) is 116 Å². The second-order valence-electron chi connectivity index (χ2n) is 5.42. The van der Waals surface area contributed by atoms with Gasteiger partial charge in [-0.1, -0.05) is 0 Å². The molecule has 1 atom stereocenters. The Morgan fingerprint density at radius 3 is 2.61 bits per heavy atom. The van der Waals surface area contributed by atoms with Crippen LogP contribution in [0, 0.1) is 16.0 Å². The highest BCUT2D eigenvalue weighted by Crippen LogP contribution is 2.21. The summed E-state index contributed by atoms with van der Waals surface area (Å²) in [6.07, 6.45) is 0.742. The molecule has 0 aliphatic carbocycles. The number of carbonyl (C=O) groups excluding carboxylic acids is 1. The SMILES string of the molecule is O=C(C[C@@H]1CCS(=O)(=O)C1)NCCOc1ccc([N+](=O)[O-])cc1.